The summed E-state index contributed by atoms with van der Waals surface area (Å²) < 4.78 is 0.897. The Hall–Kier alpha value is -3.16. The minimum atomic E-state index is -0.420. The van der Waals surface area contributed by atoms with Crippen LogP contribution < -0.4 is 5.32 Å². The lowest BCUT2D eigenvalue weighted by molar-refractivity contribution is -0.112. The first-order valence-electron chi connectivity index (χ1n) is 9.28. The third kappa shape index (κ3) is 5.66. The van der Waals surface area contributed by atoms with Crippen molar-refractivity contribution in [2.45, 2.75) is 20.3 Å². The third-order valence-corrected chi connectivity index (χ3v) is 4.97. The molecule has 0 saturated heterocycles. The molecule has 0 atom stereocenters. The minimum absolute atomic E-state index is 0.0635. The summed E-state index contributed by atoms with van der Waals surface area (Å²) in [6.45, 7) is 4.17. The van der Waals surface area contributed by atoms with Gasteiger partial charge in [-0.2, -0.15) is 5.26 Å². The summed E-state index contributed by atoms with van der Waals surface area (Å²) in [5.74, 6) is -0.420. The van der Waals surface area contributed by atoms with Crippen molar-refractivity contribution in [3.8, 4) is 6.07 Å². The highest BCUT2D eigenvalue weighted by molar-refractivity contribution is 9.10. The van der Waals surface area contributed by atoms with Crippen molar-refractivity contribution >= 4 is 33.6 Å². The Labute approximate surface area is 179 Å². The first kappa shape index (κ1) is 20.6. The second kappa shape index (κ2) is 9.36. The largest absolute Gasteiger partial charge is 0.321 e. The van der Waals surface area contributed by atoms with Gasteiger partial charge < -0.3 is 5.32 Å². The Kier molecular flexibility index (Phi) is 6.64. The van der Waals surface area contributed by atoms with Crippen molar-refractivity contribution in [3.63, 3.8) is 0 Å². The Balaban J connectivity index is 1.93. The van der Waals surface area contributed by atoms with E-state index < -0.39 is 5.91 Å². The number of benzene rings is 3. The number of carbonyl (C=O) groups is 1. The van der Waals surface area contributed by atoms with Gasteiger partial charge in [0.15, 0.2) is 0 Å². The van der Waals surface area contributed by atoms with E-state index >= 15 is 0 Å². The summed E-state index contributed by atoms with van der Waals surface area (Å²) in [6, 6.07) is 23.6. The second-order valence-electron chi connectivity index (χ2n) is 7.01. The number of aryl methyl sites for hydroxylation is 2. The number of nitrogens with one attached hydrogen (secondary N) is 1. The maximum atomic E-state index is 12.6. The molecule has 1 N–H and O–H groups in total. The van der Waals surface area contributed by atoms with Gasteiger partial charge in [0.05, 0.1) is 0 Å². The van der Waals surface area contributed by atoms with Gasteiger partial charge in [-0.05, 0) is 67.3 Å². The summed E-state index contributed by atoms with van der Waals surface area (Å²) in [5.41, 5.74) is 6.25. The van der Waals surface area contributed by atoms with E-state index in [4.69, 9.17) is 0 Å². The maximum Gasteiger partial charge on any atom is 0.266 e. The first-order valence-corrected chi connectivity index (χ1v) is 10.1. The molecule has 0 spiro atoms. The molecule has 1 amide bonds. The van der Waals surface area contributed by atoms with E-state index in [1.165, 1.54) is 16.7 Å². The number of nitriles is 1. The second-order valence-corrected chi connectivity index (χ2v) is 7.92. The quantitative estimate of drug-likeness (QED) is 0.375. The molecule has 0 fully saturated rings. The van der Waals surface area contributed by atoms with E-state index in [1.807, 2.05) is 42.5 Å². The number of nitrogens with zero attached hydrogens (tertiary/aromatic N) is 1. The molecule has 0 saturated carbocycles. The zero-order valence-electron chi connectivity index (χ0n) is 16.4. The van der Waals surface area contributed by atoms with E-state index in [-0.39, 0.29) is 5.57 Å². The molecule has 0 unspecified atom stereocenters. The summed E-state index contributed by atoms with van der Waals surface area (Å²) in [7, 11) is 0. The summed E-state index contributed by atoms with van der Waals surface area (Å²) >= 11 is 3.49. The molecular formula is C25H21BrN2O. The third-order valence-electron chi connectivity index (χ3n) is 4.48. The van der Waals surface area contributed by atoms with Gasteiger partial charge in [-0.1, -0.05) is 69.5 Å². The van der Waals surface area contributed by atoms with Crippen molar-refractivity contribution < 1.29 is 4.79 Å². The van der Waals surface area contributed by atoms with Crippen LogP contribution in [0.15, 0.2) is 76.8 Å². The highest BCUT2D eigenvalue weighted by Gasteiger charge is 2.12. The molecule has 144 valence electrons. The fraction of sp³-hybridized carbons (Fsp3) is 0.120. The van der Waals surface area contributed by atoms with Crippen LogP contribution in [0.2, 0.25) is 0 Å². The molecule has 0 bridgehead atoms. The van der Waals surface area contributed by atoms with Crippen molar-refractivity contribution in [3.05, 3.63) is 105 Å². The molecule has 0 aliphatic rings. The van der Waals surface area contributed by atoms with Gasteiger partial charge >= 0.3 is 0 Å². The molecular weight excluding hydrogens is 424 g/mol. The number of carbonyl (C=O) groups excluding carboxylic acids is 1. The Morgan fingerprint density at radius 2 is 1.72 bits per heavy atom. The van der Waals surface area contributed by atoms with Crippen LogP contribution in [0.5, 0.6) is 0 Å². The Morgan fingerprint density at radius 1 is 1.03 bits per heavy atom. The Bertz CT molecular complexity index is 1090. The number of anilines is 1. The van der Waals surface area contributed by atoms with Gasteiger partial charge in [0.25, 0.3) is 5.91 Å². The maximum absolute atomic E-state index is 12.6. The predicted molar refractivity (Wildman–Crippen MR) is 122 cm³/mol. The number of amides is 1. The highest BCUT2D eigenvalue weighted by Crippen LogP contribution is 2.23. The Morgan fingerprint density at radius 3 is 2.38 bits per heavy atom. The van der Waals surface area contributed by atoms with Crippen molar-refractivity contribution in [1.29, 1.82) is 5.26 Å². The van der Waals surface area contributed by atoms with Crippen LogP contribution in [0.1, 0.15) is 27.8 Å². The molecule has 3 aromatic rings. The van der Waals surface area contributed by atoms with Crippen molar-refractivity contribution in [1.82, 2.24) is 0 Å². The summed E-state index contributed by atoms with van der Waals surface area (Å²) in [5, 5.41) is 12.3. The van der Waals surface area contributed by atoms with Crippen LogP contribution in [0.25, 0.3) is 6.08 Å². The minimum Gasteiger partial charge on any atom is -0.321 e. The number of para-hydroxylation sites is 1. The zero-order chi connectivity index (χ0) is 20.8. The van der Waals surface area contributed by atoms with Crippen LogP contribution in [0.4, 0.5) is 5.69 Å². The van der Waals surface area contributed by atoms with Gasteiger partial charge in [-0.15, -0.1) is 0 Å². The number of hydrogen-bond acceptors (Lipinski definition) is 2. The van der Waals surface area contributed by atoms with E-state index in [9.17, 15) is 10.1 Å². The smallest absolute Gasteiger partial charge is 0.266 e. The average molecular weight is 445 g/mol. The van der Waals surface area contributed by atoms with E-state index in [2.05, 4.69) is 53.3 Å². The first-order chi connectivity index (χ1) is 13.9. The van der Waals surface area contributed by atoms with Gasteiger partial charge in [0, 0.05) is 10.2 Å². The fourth-order valence-electron chi connectivity index (χ4n) is 3.28. The number of halogens is 1. The molecule has 3 aromatic carbocycles. The zero-order valence-corrected chi connectivity index (χ0v) is 18.0. The SMILES string of the molecule is Cc1cc(C)cc(Cc2ccc(Br)cc2/C=C(\C#N)C(=O)Nc2ccccc2)c1. The molecule has 29 heavy (non-hydrogen) atoms. The monoisotopic (exact) mass is 444 g/mol. The van der Waals surface area contributed by atoms with Crippen LogP contribution in [0, 0.1) is 25.2 Å². The molecule has 0 aromatic heterocycles. The van der Waals surface area contributed by atoms with Crippen LogP contribution in [-0.2, 0) is 11.2 Å². The highest BCUT2D eigenvalue weighted by atomic mass is 79.9. The van der Waals surface area contributed by atoms with E-state index in [0.29, 0.717) is 5.69 Å². The molecule has 0 aliphatic heterocycles. The molecule has 0 heterocycles. The summed E-state index contributed by atoms with van der Waals surface area (Å²) in [6.07, 6.45) is 2.38. The van der Waals surface area contributed by atoms with Crippen LogP contribution in [-0.4, -0.2) is 5.91 Å². The van der Waals surface area contributed by atoms with Crippen molar-refractivity contribution in [2.24, 2.45) is 0 Å². The standard InChI is InChI=1S/C25H21BrN2O/c1-17-10-18(2)12-19(11-17)13-20-8-9-23(26)15-21(20)14-22(16-27)25(29)28-24-6-4-3-5-7-24/h3-12,14-15H,13H2,1-2H3,(H,28,29)/b22-14+. The topological polar surface area (TPSA) is 52.9 Å². The van der Waals surface area contributed by atoms with Gasteiger partial charge in [-0.25, -0.2) is 0 Å². The lowest BCUT2D eigenvalue weighted by Gasteiger charge is -2.10. The summed E-state index contributed by atoms with van der Waals surface area (Å²) in [4.78, 5) is 12.6. The predicted octanol–water partition coefficient (Wildman–Crippen LogP) is 6.20. The fourth-order valence-corrected chi connectivity index (χ4v) is 3.65. The number of hydrogen-bond donors (Lipinski definition) is 1. The number of rotatable bonds is 5. The molecule has 3 rings (SSSR count). The molecule has 0 aliphatic carbocycles. The molecule has 3 nitrogen and oxygen atoms in total. The van der Waals surface area contributed by atoms with Gasteiger partial charge in [0.1, 0.15) is 11.6 Å². The van der Waals surface area contributed by atoms with Crippen molar-refractivity contribution in [2.75, 3.05) is 5.32 Å². The van der Waals surface area contributed by atoms with Crippen LogP contribution in [0.3, 0.4) is 0 Å². The lowest BCUT2D eigenvalue weighted by atomic mass is 9.96. The normalized spacial score (nSPS) is 11.0. The van der Waals surface area contributed by atoms with Gasteiger partial charge in [0.2, 0.25) is 0 Å². The molecule has 0 radical (unpaired) electrons. The van der Waals surface area contributed by atoms with Gasteiger partial charge in [-0.3, -0.25) is 4.79 Å². The van der Waals surface area contributed by atoms with E-state index in [1.54, 1.807) is 18.2 Å². The van der Waals surface area contributed by atoms with E-state index in [0.717, 1.165) is 22.0 Å². The lowest BCUT2D eigenvalue weighted by Crippen LogP contribution is -2.13. The average Bonchev–Trinajstić information content (AvgIpc) is 2.68. The van der Waals surface area contributed by atoms with Crippen LogP contribution >= 0.6 is 15.9 Å². The molecule has 4 heteroatoms.